The second-order valence-corrected chi connectivity index (χ2v) is 4.85. The molecule has 0 aliphatic carbocycles. The second-order valence-electron chi connectivity index (χ2n) is 4.85. The van der Waals surface area contributed by atoms with Crippen molar-refractivity contribution < 1.29 is 23.9 Å². The minimum Gasteiger partial charge on any atom is -0.465 e. The van der Waals surface area contributed by atoms with Gasteiger partial charge in [-0.2, -0.15) is 0 Å². The van der Waals surface area contributed by atoms with Crippen LogP contribution in [0.15, 0.2) is 41.0 Å². The number of Topliss-reactive ketones (excluding diaryl/α,β-unsaturated/α-hetero) is 1. The first kappa shape index (κ1) is 16.5. The number of carbonyl (C=O) groups excluding carboxylic acids is 3. The fraction of sp³-hybridized carbons (Fsp3) is 0.235. The van der Waals surface area contributed by atoms with Crippen LogP contribution in [0.5, 0.6) is 0 Å². The molecule has 1 aromatic carbocycles. The van der Waals surface area contributed by atoms with Crippen LogP contribution in [0.25, 0.3) is 0 Å². The number of ketones is 1. The van der Waals surface area contributed by atoms with Gasteiger partial charge in [0.1, 0.15) is 17.8 Å². The van der Waals surface area contributed by atoms with E-state index in [2.05, 4.69) is 4.99 Å². The van der Waals surface area contributed by atoms with Crippen LogP contribution in [0, 0.1) is 6.92 Å². The van der Waals surface area contributed by atoms with Crippen molar-refractivity contribution >= 4 is 23.4 Å². The van der Waals surface area contributed by atoms with Gasteiger partial charge >= 0.3 is 5.97 Å². The van der Waals surface area contributed by atoms with Crippen molar-refractivity contribution in [2.24, 2.45) is 4.99 Å². The van der Waals surface area contributed by atoms with Gasteiger partial charge in [0.2, 0.25) is 5.78 Å². The maximum absolute atomic E-state index is 12.7. The number of methoxy groups -OCH3 is 2. The third-order valence-electron chi connectivity index (χ3n) is 3.49. The molecule has 0 saturated carbocycles. The van der Waals surface area contributed by atoms with Gasteiger partial charge in [-0.15, -0.1) is 0 Å². The van der Waals surface area contributed by atoms with Crippen molar-refractivity contribution in [2.75, 3.05) is 14.2 Å². The van der Waals surface area contributed by atoms with E-state index in [0.717, 1.165) is 0 Å². The largest absolute Gasteiger partial charge is 0.465 e. The summed E-state index contributed by atoms with van der Waals surface area (Å²) in [5, 5.41) is 0. The van der Waals surface area contributed by atoms with E-state index >= 15 is 0 Å². The smallest absolute Gasteiger partial charge is 0.338 e. The van der Waals surface area contributed by atoms with Crippen molar-refractivity contribution in [1.82, 2.24) is 0 Å². The molecular weight excluding hydrogens is 298 g/mol. The summed E-state index contributed by atoms with van der Waals surface area (Å²) in [6, 6.07) is 4.68. The number of esters is 1. The van der Waals surface area contributed by atoms with E-state index in [9.17, 15) is 14.4 Å². The summed E-state index contributed by atoms with van der Waals surface area (Å²) in [6.45, 7) is 1.74. The Kier molecular flexibility index (Phi) is 5.01. The second kappa shape index (κ2) is 6.96. The number of rotatable bonds is 4. The van der Waals surface area contributed by atoms with Crippen LogP contribution >= 0.6 is 0 Å². The number of aliphatic imine (C=N–C) groups is 1. The molecule has 0 spiro atoms. The van der Waals surface area contributed by atoms with Gasteiger partial charge in [-0.3, -0.25) is 9.79 Å². The molecule has 118 valence electrons. The first-order valence-corrected chi connectivity index (χ1v) is 6.79. The number of hydrogen-bond acceptors (Lipinski definition) is 6. The average Bonchev–Trinajstić information content (AvgIpc) is 2.59. The highest BCUT2D eigenvalue weighted by molar-refractivity contribution is 6.48. The number of ether oxygens (including phenoxy) is 2. The first-order valence-electron chi connectivity index (χ1n) is 6.79. The van der Waals surface area contributed by atoms with Gasteiger partial charge in [-0.1, -0.05) is 12.1 Å². The number of carbonyl (C=O) groups is 2. The molecule has 0 saturated heterocycles. The van der Waals surface area contributed by atoms with E-state index in [-0.39, 0.29) is 16.8 Å². The predicted octanol–water partition coefficient (Wildman–Crippen LogP) is 1.71. The van der Waals surface area contributed by atoms with Crippen LogP contribution in [0.2, 0.25) is 0 Å². The minimum atomic E-state index is -0.882. The molecule has 0 aromatic heterocycles. The molecule has 2 rings (SSSR count). The molecule has 23 heavy (non-hydrogen) atoms. The molecule has 0 radical (unpaired) electrons. The zero-order chi connectivity index (χ0) is 17.0. The fourth-order valence-electron chi connectivity index (χ4n) is 2.25. The maximum atomic E-state index is 12.7. The predicted molar refractivity (Wildman–Crippen MR) is 83.4 cm³/mol. The highest BCUT2D eigenvalue weighted by atomic mass is 16.5. The highest BCUT2D eigenvalue weighted by Crippen LogP contribution is 2.19. The molecule has 0 fully saturated rings. The molecule has 1 atom stereocenters. The molecule has 0 amide bonds. The van der Waals surface area contributed by atoms with Crippen LogP contribution in [-0.4, -0.2) is 43.7 Å². The van der Waals surface area contributed by atoms with Gasteiger partial charge < -0.3 is 9.47 Å². The topological polar surface area (TPSA) is 82.0 Å². The lowest BCUT2D eigenvalue weighted by molar-refractivity contribution is 0.0600. The summed E-state index contributed by atoms with van der Waals surface area (Å²) in [7, 11) is 2.65. The Morgan fingerprint density at radius 1 is 1.26 bits per heavy atom. The maximum Gasteiger partial charge on any atom is 0.338 e. The van der Waals surface area contributed by atoms with Gasteiger partial charge in [0, 0.05) is 18.9 Å². The standard InChI is InChI=1S/C17H15NO5/c1-10-4-5-11(8-13(10)17(21)23-3)15(20)14-16(22-2)12(9-19)6-7-18-14/h4-8,16H,1-3H3. The van der Waals surface area contributed by atoms with Crippen molar-refractivity contribution in [3.63, 3.8) is 0 Å². The van der Waals surface area contributed by atoms with Crippen LogP contribution in [0.1, 0.15) is 26.3 Å². The Labute approximate surface area is 133 Å². The quantitative estimate of drug-likeness (QED) is 0.480. The Balaban J connectivity index is 2.45. The molecule has 1 unspecified atom stereocenters. The van der Waals surface area contributed by atoms with Gasteiger partial charge in [0.05, 0.1) is 18.2 Å². The van der Waals surface area contributed by atoms with Crippen LogP contribution in [0.3, 0.4) is 0 Å². The first-order chi connectivity index (χ1) is 11.0. The van der Waals surface area contributed by atoms with E-state index in [1.54, 1.807) is 25.0 Å². The number of benzene rings is 1. The molecule has 1 aliphatic heterocycles. The van der Waals surface area contributed by atoms with E-state index in [0.29, 0.717) is 11.1 Å². The lowest BCUT2D eigenvalue weighted by Crippen LogP contribution is -2.33. The number of hydrogen-bond donors (Lipinski definition) is 0. The monoisotopic (exact) mass is 313 g/mol. The minimum absolute atomic E-state index is 0.0630. The van der Waals surface area contributed by atoms with Crippen molar-refractivity contribution in [1.29, 1.82) is 0 Å². The Bertz CT molecular complexity index is 769. The Morgan fingerprint density at radius 2 is 2.00 bits per heavy atom. The average molecular weight is 313 g/mol. The van der Waals surface area contributed by atoms with Crippen LogP contribution < -0.4 is 0 Å². The van der Waals surface area contributed by atoms with E-state index in [1.165, 1.54) is 32.6 Å². The zero-order valence-corrected chi connectivity index (χ0v) is 13.0. The Hall–Kier alpha value is -2.82. The number of nitrogens with zero attached hydrogens (tertiary/aromatic N) is 1. The normalized spacial score (nSPS) is 16.6. The summed E-state index contributed by atoms with van der Waals surface area (Å²) in [5.74, 6) is 0.777. The molecule has 1 aromatic rings. The molecule has 0 N–H and O–H groups in total. The van der Waals surface area contributed by atoms with Gasteiger partial charge in [-0.25, -0.2) is 9.59 Å². The van der Waals surface area contributed by atoms with Crippen molar-refractivity contribution in [2.45, 2.75) is 13.0 Å². The van der Waals surface area contributed by atoms with E-state index in [1.807, 2.05) is 0 Å². The summed E-state index contributed by atoms with van der Waals surface area (Å²) < 4.78 is 9.88. The Morgan fingerprint density at radius 3 is 2.61 bits per heavy atom. The third kappa shape index (κ3) is 3.18. The summed E-state index contributed by atoms with van der Waals surface area (Å²) in [4.78, 5) is 39.4. The van der Waals surface area contributed by atoms with Crippen molar-refractivity contribution in [3.05, 3.63) is 52.7 Å². The molecule has 1 aliphatic rings. The van der Waals surface area contributed by atoms with Gasteiger partial charge in [0.15, 0.2) is 0 Å². The van der Waals surface area contributed by atoms with Crippen LogP contribution in [-0.2, 0) is 14.3 Å². The van der Waals surface area contributed by atoms with Gasteiger partial charge in [0.25, 0.3) is 0 Å². The molecule has 0 bridgehead atoms. The summed E-state index contributed by atoms with van der Waals surface area (Å²) >= 11 is 0. The fourth-order valence-corrected chi connectivity index (χ4v) is 2.25. The number of aryl methyl sites for hydroxylation is 1. The zero-order valence-electron chi connectivity index (χ0n) is 13.0. The third-order valence-corrected chi connectivity index (χ3v) is 3.49. The van der Waals surface area contributed by atoms with Crippen molar-refractivity contribution in [3.8, 4) is 0 Å². The van der Waals surface area contributed by atoms with E-state index < -0.39 is 17.9 Å². The summed E-state index contributed by atoms with van der Waals surface area (Å²) in [6.07, 6.45) is 1.90. The van der Waals surface area contributed by atoms with Crippen LogP contribution in [0.4, 0.5) is 0 Å². The lowest BCUT2D eigenvalue weighted by Gasteiger charge is -2.18. The molecule has 6 heteroatoms. The molecular formula is C17H15NO5. The lowest BCUT2D eigenvalue weighted by atomic mass is 9.94. The summed E-state index contributed by atoms with van der Waals surface area (Å²) in [5.41, 5.74) is 1.50. The molecule has 1 heterocycles. The SMILES string of the molecule is COC(=O)c1cc(C(=O)C2=NC=CC(=C=O)C2OC)ccc1C. The molecule has 6 nitrogen and oxygen atoms in total. The highest BCUT2D eigenvalue weighted by Gasteiger charge is 2.29. The van der Waals surface area contributed by atoms with E-state index in [4.69, 9.17) is 9.47 Å². The van der Waals surface area contributed by atoms with Gasteiger partial charge in [-0.05, 0) is 24.6 Å².